The zero-order valence-corrected chi connectivity index (χ0v) is 15.7. The quantitative estimate of drug-likeness (QED) is 0.759. The van der Waals surface area contributed by atoms with Gasteiger partial charge in [-0.25, -0.2) is 9.29 Å². The fourth-order valence-corrected chi connectivity index (χ4v) is 3.93. The molecule has 2 saturated heterocycles. The van der Waals surface area contributed by atoms with Crippen LogP contribution < -0.4 is 14.5 Å². The van der Waals surface area contributed by atoms with Crippen molar-refractivity contribution in [3.05, 3.63) is 54.3 Å². The molecule has 2 heterocycles. The second-order valence-electron chi connectivity index (χ2n) is 6.96. The standard InChI is InChI=1S/C21H22FN3O3/c1-28-19-5-3-2-4-17(19)23-10-12-24(13-11-23)18-14-20(26)25(21(18)27)16-8-6-15(22)7-9-16/h2-9,18H,10-14H2,1H3/t18-/m0/s1. The zero-order valence-electron chi connectivity index (χ0n) is 15.7. The van der Waals surface area contributed by atoms with Crippen LogP contribution in [0.4, 0.5) is 15.8 Å². The molecule has 2 amide bonds. The van der Waals surface area contributed by atoms with Crippen LogP contribution in [0.3, 0.4) is 0 Å². The molecule has 2 aliphatic heterocycles. The van der Waals surface area contributed by atoms with Gasteiger partial charge in [-0.2, -0.15) is 0 Å². The highest BCUT2D eigenvalue weighted by atomic mass is 19.1. The van der Waals surface area contributed by atoms with E-state index in [0.29, 0.717) is 18.8 Å². The number of benzene rings is 2. The first-order valence-corrected chi connectivity index (χ1v) is 9.33. The number of hydrogen-bond acceptors (Lipinski definition) is 5. The number of ether oxygens (including phenoxy) is 1. The molecule has 0 N–H and O–H groups in total. The Morgan fingerprint density at radius 2 is 1.64 bits per heavy atom. The molecule has 0 bridgehead atoms. The van der Waals surface area contributed by atoms with Crippen molar-refractivity contribution >= 4 is 23.2 Å². The first-order valence-electron chi connectivity index (χ1n) is 9.33. The van der Waals surface area contributed by atoms with Crippen LogP contribution in [0.1, 0.15) is 6.42 Å². The summed E-state index contributed by atoms with van der Waals surface area (Å²) in [5.41, 5.74) is 1.46. The molecule has 0 radical (unpaired) electrons. The van der Waals surface area contributed by atoms with E-state index in [0.717, 1.165) is 24.5 Å². The molecule has 4 rings (SSSR count). The smallest absolute Gasteiger partial charge is 0.251 e. The number of carbonyl (C=O) groups is 2. The molecule has 1 atom stereocenters. The predicted molar refractivity (Wildman–Crippen MR) is 104 cm³/mol. The topological polar surface area (TPSA) is 53.1 Å². The summed E-state index contributed by atoms with van der Waals surface area (Å²) in [6.07, 6.45) is 0.158. The summed E-state index contributed by atoms with van der Waals surface area (Å²) in [6, 6.07) is 12.9. The lowest BCUT2D eigenvalue weighted by molar-refractivity contribution is -0.123. The minimum Gasteiger partial charge on any atom is -0.495 e. The van der Waals surface area contributed by atoms with E-state index in [1.54, 1.807) is 7.11 Å². The van der Waals surface area contributed by atoms with Crippen molar-refractivity contribution in [1.29, 1.82) is 0 Å². The first-order chi connectivity index (χ1) is 13.6. The van der Waals surface area contributed by atoms with E-state index in [1.165, 1.54) is 29.2 Å². The van der Waals surface area contributed by atoms with Gasteiger partial charge in [0.1, 0.15) is 11.6 Å². The maximum Gasteiger partial charge on any atom is 0.251 e. The summed E-state index contributed by atoms with van der Waals surface area (Å²) < 4.78 is 18.6. The fraction of sp³-hybridized carbons (Fsp3) is 0.333. The summed E-state index contributed by atoms with van der Waals surface area (Å²) >= 11 is 0. The predicted octanol–water partition coefficient (Wildman–Crippen LogP) is 2.29. The summed E-state index contributed by atoms with van der Waals surface area (Å²) in [5.74, 6) is -0.0477. The van der Waals surface area contributed by atoms with Crippen molar-refractivity contribution in [3.63, 3.8) is 0 Å². The van der Waals surface area contributed by atoms with E-state index in [-0.39, 0.29) is 18.2 Å². The van der Waals surface area contributed by atoms with E-state index >= 15 is 0 Å². The van der Waals surface area contributed by atoms with Crippen LogP contribution in [-0.4, -0.2) is 56.0 Å². The number of hydrogen-bond donors (Lipinski definition) is 0. The van der Waals surface area contributed by atoms with Gasteiger partial charge in [-0.3, -0.25) is 14.5 Å². The summed E-state index contributed by atoms with van der Waals surface area (Å²) in [5, 5.41) is 0. The molecular formula is C21H22FN3O3. The van der Waals surface area contributed by atoms with Gasteiger partial charge in [0.2, 0.25) is 5.91 Å². The molecule has 2 fully saturated rings. The first kappa shape index (κ1) is 18.4. The maximum absolute atomic E-state index is 13.2. The normalized spacial score (nSPS) is 20.7. The van der Waals surface area contributed by atoms with Gasteiger partial charge in [0, 0.05) is 26.2 Å². The molecule has 6 nitrogen and oxygen atoms in total. The molecule has 2 aliphatic rings. The highest BCUT2D eigenvalue weighted by Gasteiger charge is 2.43. The molecule has 28 heavy (non-hydrogen) atoms. The largest absolute Gasteiger partial charge is 0.495 e. The summed E-state index contributed by atoms with van der Waals surface area (Å²) in [6.45, 7) is 2.85. The molecule has 2 aromatic rings. The summed E-state index contributed by atoms with van der Waals surface area (Å²) in [4.78, 5) is 30.8. The van der Waals surface area contributed by atoms with Gasteiger partial charge in [-0.1, -0.05) is 12.1 Å². The number of nitrogens with zero attached hydrogens (tertiary/aromatic N) is 3. The minimum absolute atomic E-state index is 0.158. The number of halogens is 1. The third kappa shape index (κ3) is 3.33. The summed E-state index contributed by atoms with van der Waals surface area (Å²) in [7, 11) is 1.65. The number of rotatable bonds is 4. The lowest BCUT2D eigenvalue weighted by Crippen LogP contribution is -2.52. The Morgan fingerprint density at radius 1 is 0.964 bits per heavy atom. The van der Waals surface area contributed by atoms with Gasteiger partial charge in [-0.15, -0.1) is 0 Å². The monoisotopic (exact) mass is 383 g/mol. The molecule has 7 heteroatoms. The molecule has 0 spiro atoms. The van der Waals surface area contributed by atoms with Crippen LogP contribution in [0.5, 0.6) is 5.75 Å². The van der Waals surface area contributed by atoms with E-state index in [9.17, 15) is 14.0 Å². The van der Waals surface area contributed by atoms with E-state index in [1.807, 2.05) is 24.3 Å². The average Bonchev–Trinajstić information content (AvgIpc) is 3.03. The molecule has 0 aromatic heterocycles. The number of methoxy groups -OCH3 is 1. The van der Waals surface area contributed by atoms with Crippen molar-refractivity contribution in [3.8, 4) is 5.75 Å². The van der Waals surface area contributed by atoms with Gasteiger partial charge in [0.15, 0.2) is 0 Å². The van der Waals surface area contributed by atoms with Gasteiger partial charge in [-0.05, 0) is 36.4 Å². The number of amides is 2. The minimum atomic E-state index is -0.461. The van der Waals surface area contributed by atoms with Crippen LogP contribution in [0.2, 0.25) is 0 Å². The number of para-hydroxylation sites is 2. The van der Waals surface area contributed by atoms with Crippen LogP contribution >= 0.6 is 0 Å². The maximum atomic E-state index is 13.2. The Bertz CT molecular complexity index is 879. The van der Waals surface area contributed by atoms with Crippen molar-refractivity contribution in [2.24, 2.45) is 0 Å². The van der Waals surface area contributed by atoms with Gasteiger partial charge in [0.05, 0.1) is 30.9 Å². The lowest BCUT2D eigenvalue weighted by atomic mass is 10.1. The highest BCUT2D eigenvalue weighted by Crippen LogP contribution is 2.30. The van der Waals surface area contributed by atoms with Crippen molar-refractivity contribution < 1.29 is 18.7 Å². The van der Waals surface area contributed by atoms with Crippen LogP contribution in [0, 0.1) is 5.82 Å². The SMILES string of the molecule is COc1ccccc1N1CCN([C@H]2CC(=O)N(c3ccc(F)cc3)C2=O)CC1. The zero-order chi connectivity index (χ0) is 19.7. The fourth-order valence-electron chi connectivity index (χ4n) is 3.93. The van der Waals surface area contributed by atoms with Crippen LogP contribution in [-0.2, 0) is 9.59 Å². The Balaban J connectivity index is 1.44. The lowest BCUT2D eigenvalue weighted by Gasteiger charge is -2.38. The second-order valence-corrected chi connectivity index (χ2v) is 6.96. The Hall–Kier alpha value is -2.93. The number of imide groups is 1. The van der Waals surface area contributed by atoms with Crippen LogP contribution in [0.15, 0.2) is 48.5 Å². The van der Waals surface area contributed by atoms with E-state index < -0.39 is 11.9 Å². The third-order valence-electron chi connectivity index (χ3n) is 5.39. The molecule has 2 aromatic carbocycles. The van der Waals surface area contributed by atoms with E-state index in [4.69, 9.17) is 4.74 Å². The van der Waals surface area contributed by atoms with Crippen molar-refractivity contribution in [2.75, 3.05) is 43.1 Å². The molecule has 0 unspecified atom stereocenters. The molecule has 0 aliphatic carbocycles. The van der Waals surface area contributed by atoms with Crippen molar-refractivity contribution in [1.82, 2.24) is 4.90 Å². The second kappa shape index (κ2) is 7.59. The van der Waals surface area contributed by atoms with Gasteiger partial charge >= 0.3 is 0 Å². The molecule has 146 valence electrons. The van der Waals surface area contributed by atoms with Crippen molar-refractivity contribution in [2.45, 2.75) is 12.5 Å². The van der Waals surface area contributed by atoms with Gasteiger partial charge in [0.25, 0.3) is 5.91 Å². The number of anilines is 2. The number of carbonyl (C=O) groups excluding carboxylic acids is 2. The third-order valence-corrected chi connectivity index (χ3v) is 5.39. The van der Waals surface area contributed by atoms with Gasteiger partial charge < -0.3 is 9.64 Å². The highest BCUT2D eigenvalue weighted by molar-refractivity contribution is 6.22. The molecule has 0 saturated carbocycles. The Morgan fingerprint density at radius 3 is 2.32 bits per heavy atom. The number of piperazine rings is 1. The molecular weight excluding hydrogens is 361 g/mol. The Kier molecular flexibility index (Phi) is 5.00. The Labute approximate surface area is 163 Å². The van der Waals surface area contributed by atoms with E-state index in [2.05, 4.69) is 9.80 Å². The van der Waals surface area contributed by atoms with Crippen LogP contribution in [0.25, 0.3) is 0 Å². The average molecular weight is 383 g/mol.